The van der Waals surface area contributed by atoms with Gasteiger partial charge in [-0.2, -0.15) is 0 Å². The first kappa shape index (κ1) is 20.1. The van der Waals surface area contributed by atoms with Crippen LogP contribution in [0.3, 0.4) is 0 Å². The molecule has 3 rings (SSSR count). The summed E-state index contributed by atoms with van der Waals surface area (Å²) in [6, 6.07) is 24.0. The minimum absolute atomic E-state index is 0.0585. The molecule has 0 aliphatic heterocycles. The fraction of sp³-hybridized carbons (Fsp3) is 0.167. The smallest absolute Gasteiger partial charge is 0.255 e. The van der Waals surface area contributed by atoms with Gasteiger partial charge in [0.25, 0.3) is 5.91 Å². The summed E-state index contributed by atoms with van der Waals surface area (Å²) in [4.78, 5) is 24.1. The zero-order chi connectivity index (χ0) is 20.6. The SMILES string of the molecule is CC(C)C(=O)Nc1ccc(C(=O)Nc2ccc(OCc3ccccc3)cc2)cc1. The van der Waals surface area contributed by atoms with Gasteiger partial charge in [-0.15, -0.1) is 0 Å². The van der Waals surface area contributed by atoms with Gasteiger partial charge in [-0.05, 0) is 54.1 Å². The van der Waals surface area contributed by atoms with Crippen LogP contribution in [0.5, 0.6) is 5.75 Å². The Labute approximate surface area is 170 Å². The van der Waals surface area contributed by atoms with Gasteiger partial charge in [-0.3, -0.25) is 9.59 Å². The minimum atomic E-state index is -0.218. The second kappa shape index (κ2) is 9.55. The van der Waals surface area contributed by atoms with E-state index in [9.17, 15) is 9.59 Å². The third-order valence-corrected chi connectivity index (χ3v) is 4.30. The van der Waals surface area contributed by atoms with Gasteiger partial charge in [0, 0.05) is 22.9 Å². The molecule has 5 heteroatoms. The molecule has 0 heterocycles. The lowest BCUT2D eigenvalue weighted by Gasteiger charge is -2.10. The lowest BCUT2D eigenvalue weighted by Crippen LogP contribution is -2.18. The Bertz CT molecular complexity index is 950. The lowest BCUT2D eigenvalue weighted by atomic mass is 10.1. The number of nitrogens with one attached hydrogen (secondary N) is 2. The molecule has 0 spiro atoms. The molecule has 0 saturated carbocycles. The van der Waals surface area contributed by atoms with Crippen LogP contribution in [0, 0.1) is 5.92 Å². The number of ether oxygens (including phenoxy) is 1. The molecule has 2 amide bonds. The van der Waals surface area contributed by atoms with Crippen LogP contribution < -0.4 is 15.4 Å². The molecule has 0 bridgehead atoms. The molecule has 2 N–H and O–H groups in total. The van der Waals surface area contributed by atoms with Gasteiger partial charge in [-0.1, -0.05) is 44.2 Å². The van der Waals surface area contributed by atoms with E-state index in [1.807, 2.05) is 56.3 Å². The van der Waals surface area contributed by atoms with Crippen molar-refractivity contribution in [3.8, 4) is 5.75 Å². The third kappa shape index (κ3) is 5.94. The molecule has 0 aliphatic carbocycles. The van der Waals surface area contributed by atoms with Crippen LogP contribution in [-0.2, 0) is 11.4 Å². The molecule has 29 heavy (non-hydrogen) atoms. The molecule has 148 valence electrons. The van der Waals surface area contributed by atoms with Gasteiger partial charge >= 0.3 is 0 Å². The number of carbonyl (C=O) groups excluding carboxylic acids is 2. The monoisotopic (exact) mass is 388 g/mol. The molecule has 3 aromatic carbocycles. The average Bonchev–Trinajstić information content (AvgIpc) is 2.74. The van der Waals surface area contributed by atoms with Crippen molar-refractivity contribution < 1.29 is 14.3 Å². The highest BCUT2D eigenvalue weighted by atomic mass is 16.5. The Balaban J connectivity index is 1.54. The number of rotatable bonds is 7. The van der Waals surface area contributed by atoms with Crippen LogP contribution in [0.1, 0.15) is 29.8 Å². The molecule has 0 aromatic heterocycles. The molecule has 0 unspecified atom stereocenters. The largest absolute Gasteiger partial charge is 0.489 e. The Morgan fingerprint density at radius 1 is 0.793 bits per heavy atom. The molecule has 3 aromatic rings. The second-order valence-corrected chi connectivity index (χ2v) is 6.97. The first-order chi connectivity index (χ1) is 14.0. The standard InChI is InChI=1S/C24H24N2O3/c1-17(2)23(27)25-20-10-8-19(9-11-20)24(28)26-21-12-14-22(15-13-21)29-16-18-6-4-3-5-7-18/h3-15,17H,16H2,1-2H3,(H,25,27)(H,26,28). The van der Waals surface area contributed by atoms with Crippen molar-refractivity contribution in [2.45, 2.75) is 20.5 Å². The Kier molecular flexibility index (Phi) is 6.63. The number of hydrogen-bond acceptors (Lipinski definition) is 3. The molecule has 0 fully saturated rings. The molecular formula is C24H24N2O3. The first-order valence-electron chi connectivity index (χ1n) is 9.50. The van der Waals surface area contributed by atoms with Crippen molar-refractivity contribution in [1.82, 2.24) is 0 Å². The van der Waals surface area contributed by atoms with Crippen LogP contribution in [-0.4, -0.2) is 11.8 Å². The van der Waals surface area contributed by atoms with E-state index in [1.165, 1.54) is 0 Å². The van der Waals surface area contributed by atoms with Crippen LogP contribution in [0.25, 0.3) is 0 Å². The summed E-state index contributed by atoms with van der Waals surface area (Å²) in [6.07, 6.45) is 0. The van der Waals surface area contributed by atoms with Gasteiger partial charge in [0.2, 0.25) is 5.91 Å². The van der Waals surface area contributed by atoms with Gasteiger partial charge < -0.3 is 15.4 Å². The number of benzene rings is 3. The Morgan fingerprint density at radius 3 is 2.00 bits per heavy atom. The van der Waals surface area contributed by atoms with Crippen LogP contribution in [0.4, 0.5) is 11.4 Å². The van der Waals surface area contributed by atoms with Gasteiger partial charge in [0.05, 0.1) is 0 Å². The predicted molar refractivity (Wildman–Crippen MR) is 115 cm³/mol. The topological polar surface area (TPSA) is 67.4 Å². The van der Waals surface area contributed by atoms with Crippen LogP contribution in [0.15, 0.2) is 78.9 Å². The van der Waals surface area contributed by atoms with E-state index in [4.69, 9.17) is 4.74 Å². The predicted octanol–water partition coefficient (Wildman–Crippen LogP) is 5.11. The lowest BCUT2D eigenvalue weighted by molar-refractivity contribution is -0.118. The highest BCUT2D eigenvalue weighted by Crippen LogP contribution is 2.18. The van der Waals surface area contributed by atoms with E-state index in [-0.39, 0.29) is 17.7 Å². The highest BCUT2D eigenvalue weighted by molar-refractivity contribution is 6.04. The van der Waals surface area contributed by atoms with Crippen LogP contribution >= 0.6 is 0 Å². The van der Waals surface area contributed by atoms with E-state index in [2.05, 4.69) is 10.6 Å². The van der Waals surface area contributed by atoms with E-state index in [0.29, 0.717) is 23.5 Å². The van der Waals surface area contributed by atoms with E-state index < -0.39 is 0 Å². The molecular weight excluding hydrogens is 364 g/mol. The Morgan fingerprint density at radius 2 is 1.38 bits per heavy atom. The molecule has 5 nitrogen and oxygen atoms in total. The fourth-order valence-electron chi connectivity index (χ4n) is 2.57. The normalized spacial score (nSPS) is 10.4. The van der Waals surface area contributed by atoms with E-state index in [0.717, 1.165) is 11.3 Å². The van der Waals surface area contributed by atoms with Crippen molar-refractivity contribution in [1.29, 1.82) is 0 Å². The number of hydrogen-bond donors (Lipinski definition) is 2. The zero-order valence-corrected chi connectivity index (χ0v) is 16.5. The Hall–Kier alpha value is -3.60. The second-order valence-electron chi connectivity index (χ2n) is 6.97. The third-order valence-electron chi connectivity index (χ3n) is 4.30. The molecule has 0 saturated heterocycles. The zero-order valence-electron chi connectivity index (χ0n) is 16.5. The van der Waals surface area contributed by atoms with Crippen molar-refractivity contribution in [2.75, 3.05) is 10.6 Å². The summed E-state index contributed by atoms with van der Waals surface area (Å²) in [5.41, 5.74) is 2.95. The van der Waals surface area contributed by atoms with Gasteiger partial charge in [-0.25, -0.2) is 0 Å². The molecule has 0 atom stereocenters. The van der Waals surface area contributed by atoms with Crippen molar-refractivity contribution >= 4 is 23.2 Å². The minimum Gasteiger partial charge on any atom is -0.489 e. The number of amides is 2. The van der Waals surface area contributed by atoms with Crippen molar-refractivity contribution in [3.63, 3.8) is 0 Å². The summed E-state index contributed by atoms with van der Waals surface area (Å²) in [6.45, 7) is 4.15. The number of anilines is 2. The molecule has 0 aliphatic rings. The van der Waals surface area contributed by atoms with Crippen LogP contribution in [0.2, 0.25) is 0 Å². The molecule has 0 radical (unpaired) electrons. The van der Waals surface area contributed by atoms with Gasteiger partial charge in [0.1, 0.15) is 12.4 Å². The first-order valence-corrected chi connectivity index (χ1v) is 9.50. The number of carbonyl (C=O) groups is 2. The van der Waals surface area contributed by atoms with Crippen molar-refractivity contribution in [2.24, 2.45) is 5.92 Å². The maximum Gasteiger partial charge on any atom is 0.255 e. The van der Waals surface area contributed by atoms with E-state index >= 15 is 0 Å². The average molecular weight is 388 g/mol. The maximum absolute atomic E-state index is 12.4. The summed E-state index contributed by atoms with van der Waals surface area (Å²) >= 11 is 0. The fourth-order valence-corrected chi connectivity index (χ4v) is 2.57. The quantitative estimate of drug-likeness (QED) is 0.591. The summed E-state index contributed by atoms with van der Waals surface area (Å²) in [5.74, 6) is 0.358. The summed E-state index contributed by atoms with van der Waals surface area (Å²) in [5, 5.41) is 5.66. The van der Waals surface area contributed by atoms with Crippen molar-refractivity contribution in [3.05, 3.63) is 90.0 Å². The summed E-state index contributed by atoms with van der Waals surface area (Å²) < 4.78 is 5.75. The van der Waals surface area contributed by atoms with E-state index in [1.54, 1.807) is 36.4 Å². The highest BCUT2D eigenvalue weighted by Gasteiger charge is 2.09. The maximum atomic E-state index is 12.4. The van der Waals surface area contributed by atoms with Gasteiger partial charge in [0.15, 0.2) is 0 Å². The summed E-state index contributed by atoms with van der Waals surface area (Å²) in [7, 11) is 0.